The lowest BCUT2D eigenvalue weighted by Gasteiger charge is -2.27. The fourth-order valence-electron chi connectivity index (χ4n) is 1.96. The number of carbonyl (C=O) groups excluding carboxylic acids is 1. The van der Waals surface area contributed by atoms with E-state index in [1.54, 1.807) is 11.8 Å². The molecule has 0 aromatic rings. The van der Waals surface area contributed by atoms with Gasteiger partial charge in [-0.3, -0.25) is 4.79 Å². The summed E-state index contributed by atoms with van der Waals surface area (Å²) in [5, 5.41) is 9.17. The molecule has 1 rings (SSSR count). The van der Waals surface area contributed by atoms with E-state index in [4.69, 9.17) is 0 Å². The van der Waals surface area contributed by atoms with Gasteiger partial charge in [0, 0.05) is 11.8 Å². The molecule has 0 aromatic carbocycles. The zero-order valence-electron chi connectivity index (χ0n) is 11.3. The van der Waals surface area contributed by atoms with Gasteiger partial charge in [0.05, 0.1) is 5.37 Å². The van der Waals surface area contributed by atoms with E-state index in [-0.39, 0.29) is 11.3 Å². The van der Waals surface area contributed by atoms with Crippen LogP contribution >= 0.6 is 11.8 Å². The molecule has 1 aliphatic heterocycles. The Morgan fingerprint density at radius 1 is 1.44 bits per heavy atom. The highest BCUT2D eigenvalue weighted by atomic mass is 32.2. The number of carboxylic acid groups (broad SMARTS) is 1. The van der Waals surface area contributed by atoms with Crippen molar-refractivity contribution in [2.75, 3.05) is 5.75 Å². The van der Waals surface area contributed by atoms with Crippen LogP contribution in [0.4, 0.5) is 0 Å². The summed E-state index contributed by atoms with van der Waals surface area (Å²) in [6.45, 7) is 7.85. The average molecular weight is 271 g/mol. The first-order valence-electron chi connectivity index (χ1n) is 6.14. The number of thioether (sulfide) groups is 1. The minimum absolute atomic E-state index is 0.0193. The SMILES string of the molecule is CC(C)=CC(=O)N1C(CC(C)C)SCC1C(=O)O. The topological polar surface area (TPSA) is 57.6 Å². The predicted octanol–water partition coefficient (Wildman–Crippen LogP) is 2.35. The van der Waals surface area contributed by atoms with E-state index in [0.717, 1.165) is 12.0 Å². The van der Waals surface area contributed by atoms with Gasteiger partial charge in [-0.2, -0.15) is 0 Å². The second kappa shape index (κ2) is 6.27. The van der Waals surface area contributed by atoms with Crippen LogP contribution in [0.5, 0.6) is 0 Å². The third kappa shape index (κ3) is 3.77. The number of hydrogen-bond donors (Lipinski definition) is 1. The quantitative estimate of drug-likeness (QED) is 0.797. The van der Waals surface area contributed by atoms with E-state index in [0.29, 0.717) is 11.7 Å². The van der Waals surface area contributed by atoms with Crippen LogP contribution in [0.15, 0.2) is 11.6 Å². The first kappa shape index (κ1) is 15.1. The Labute approximate surface area is 112 Å². The smallest absolute Gasteiger partial charge is 0.327 e. The van der Waals surface area contributed by atoms with E-state index in [9.17, 15) is 14.7 Å². The number of hydrogen-bond acceptors (Lipinski definition) is 3. The van der Waals surface area contributed by atoms with Crippen molar-refractivity contribution < 1.29 is 14.7 Å². The van der Waals surface area contributed by atoms with Gasteiger partial charge in [0.15, 0.2) is 0 Å². The first-order valence-corrected chi connectivity index (χ1v) is 7.19. The minimum Gasteiger partial charge on any atom is -0.480 e. The van der Waals surface area contributed by atoms with Crippen molar-refractivity contribution in [3.8, 4) is 0 Å². The summed E-state index contributed by atoms with van der Waals surface area (Å²) in [7, 11) is 0. The lowest BCUT2D eigenvalue weighted by Crippen LogP contribution is -2.45. The summed E-state index contributed by atoms with van der Waals surface area (Å²) in [5.74, 6) is -0.172. The largest absolute Gasteiger partial charge is 0.480 e. The van der Waals surface area contributed by atoms with Crippen molar-refractivity contribution in [2.45, 2.75) is 45.5 Å². The van der Waals surface area contributed by atoms with Gasteiger partial charge in [-0.25, -0.2) is 4.79 Å². The van der Waals surface area contributed by atoms with Gasteiger partial charge in [0.2, 0.25) is 5.91 Å². The third-order valence-corrected chi connectivity index (χ3v) is 4.03. The number of aliphatic carboxylic acids is 1. The van der Waals surface area contributed by atoms with Gasteiger partial charge in [-0.15, -0.1) is 11.8 Å². The molecule has 4 nitrogen and oxygen atoms in total. The van der Waals surface area contributed by atoms with E-state index in [1.165, 1.54) is 11.0 Å². The average Bonchev–Trinajstić information content (AvgIpc) is 2.59. The summed E-state index contributed by atoms with van der Waals surface area (Å²) in [4.78, 5) is 24.9. The first-order chi connectivity index (χ1) is 8.32. The van der Waals surface area contributed by atoms with Crippen LogP contribution in [0.25, 0.3) is 0 Å². The van der Waals surface area contributed by atoms with Crippen LogP contribution < -0.4 is 0 Å². The molecule has 0 radical (unpaired) electrons. The van der Waals surface area contributed by atoms with Crippen LogP contribution in [-0.4, -0.2) is 39.1 Å². The van der Waals surface area contributed by atoms with Gasteiger partial charge in [0.25, 0.3) is 0 Å². The molecule has 0 spiro atoms. The molecule has 1 aliphatic rings. The third-order valence-electron chi connectivity index (χ3n) is 2.72. The lowest BCUT2D eigenvalue weighted by atomic mass is 10.1. The molecule has 1 N–H and O–H groups in total. The van der Waals surface area contributed by atoms with Crippen molar-refractivity contribution >= 4 is 23.6 Å². The van der Waals surface area contributed by atoms with Crippen LogP contribution in [0.2, 0.25) is 0 Å². The number of allylic oxidation sites excluding steroid dienone is 1. The standard InChI is InChI=1S/C13H21NO3S/c1-8(2)5-11(15)14-10(13(16)17)7-18-12(14)6-9(3)4/h5,9-10,12H,6-7H2,1-4H3,(H,16,17). The number of carbonyl (C=O) groups is 2. The van der Waals surface area contributed by atoms with Crippen LogP contribution in [-0.2, 0) is 9.59 Å². The molecular formula is C13H21NO3S. The Hall–Kier alpha value is -0.970. The van der Waals surface area contributed by atoms with Gasteiger partial charge < -0.3 is 10.0 Å². The second-order valence-electron chi connectivity index (χ2n) is 5.24. The number of nitrogens with zero attached hydrogens (tertiary/aromatic N) is 1. The van der Waals surface area contributed by atoms with Gasteiger partial charge in [-0.1, -0.05) is 19.4 Å². The van der Waals surface area contributed by atoms with Crippen molar-refractivity contribution in [1.82, 2.24) is 4.90 Å². The molecule has 2 atom stereocenters. The van der Waals surface area contributed by atoms with Crippen LogP contribution in [0.1, 0.15) is 34.1 Å². The molecule has 1 fully saturated rings. The summed E-state index contributed by atoms with van der Waals surface area (Å²) in [5.41, 5.74) is 0.893. The molecule has 0 aliphatic carbocycles. The Bertz CT molecular complexity index is 361. The molecule has 0 aromatic heterocycles. The van der Waals surface area contributed by atoms with Gasteiger partial charge in [0.1, 0.15) is 6.04 Å². The second-order valence-corrected chi connectivity index (χ2v) is 6.45. The minimum atomic E-state index is -0.913. The maximum absolute atomic E-state index is 12.1. The fourth-order valence-corrected chi connectivity index (χ4v) is 3.60. The van der Waals surface area contributed by atoms with Crippen molar-refractivity contribution in [1.29, 1.82) is 0 Å². The summed E-state index contributed by atoms with van der Waals surface area (Å²) in [6.07, 6.45) is 2.35. The maximum Gasteiger partial charge on any atom is 0.327 e. The summed E-state index contributed by atoms with van der Waals surface area (Å²) >= 11 is 1.57. The monoisotopic (exact) mass is 271 g/mol. The molecule has 1 amide bonds. The van der Waals surface area contributed by atoms with Crippen molar-refractivity contribution in [2.24, 2.45) is 5.92 Å². The van der Waals surface area contributed by atoms with Crippen LogP contribution in [0, 0.1) is 5.92 Å². The molecule has 1 saturated heterocycles. The fraction of sp³-hybridized carbons (Fsp3) is 0.692. The molecular weight excluding hydrogens is 250 g/mol. The van der Waals surface area contributed by atoms with Gasteiger partial charge in [-0.05, 0) is 26.2 Å². The Morgan fingerprint density at radius 2 is 2.06 bits per heavy atom. The molecule has 5 heteroatoms. The zero-order valence-corrected chi connectivity index (χ0v) is 12.2. The Morgan fingerprint density at radius 3 is 2.50 bits per heavy atom. The number of rotatable bonds is 4. The van der Waals surface area contributed by atoms with Crippen LogP contribution in [0.3, 0.4) is 0 Å². The highest BCUT2D eigenvalue weighted by Crippen LogP contribution is 2.33. The maximum atomic E-state index is 12.1. The predicted molar refractivity (Wildman–Crippen MR) is 73.4 cm³/mol. The number of carboxylic acids is 1. The van der Waals surface area contributed by atoms with Crippen molar-refractivity contribution in [3.05, 3.63) is 11.6 Å². The van der Waals surface area contributed by atoms with Crippen molar-refractivity contribution in [3.63, 3.8) is 0 Å². The summed E-state index contributed by atoms with van der Waals surface area (Å²) < 4.78 is 0. The van der Waals surface area contributed by atoms with Gasteiger partial charge >= 0.3 is 5.97 Å². The molecule has 0 saturated carbocycles. The number of amides is 1. The highest BCUT2D eigenvalue weighted by Gasteiger charge is 2.40. The Balaban J connectivity index is 2.91. The highest BCUT2D eigenvalue weighted by molar-refractivity contribution is 8.00. The zero-order chi connectivity index (χ0) is 13.9. The summed E-state index contributed by atoms with van der Waals surface area (Å²) in [6, 6.07) is -0.693. The molecule has 1 heterocycles. The molecule has 2 unspecified atom stereocenters. The Kier molecular flexibility index (Phi) is 5.26. The van der Waals surface area contributed by atoms with E-state index >= 15 is 0 Å². The normalized spacial score (nSPS) is 23.3. The lowest BCUT2D eigenvalue weighted by molar-refractivity contribution is -0.147. The molecule has 102 valence electrons. The molecule has 0 bridgehead atoms. The molecule has 18 heavy (non-hydrogen) atoms. The van der Waals surface area contributed by atoms with E-state index in [2.05, 4.69) is 13.8 Å². The van der Waals surface area contributed by atoms with E-state index in [1.807, 2.05) is 13.8 Å². The van der Waals surface area contributed by atoms with E-state index < -0.39 is 12.0 Å².